The smallest absolute Gasteiger partial charge is 0.319 e. The molecule has 3 aromatic rings. The summed E-state index contributed by atoms with van der Waals surface area (Å²) >= 11 is 1.71. The number of urea groups is 1. The first-order valence-corrected chi connectivity index (χ1v) is 9.95. The Morgan fingerprint density at radius 2 is 1.89 bits per heavy atom. The molecular formula is C22H23N3OS. The third-order valence-corrected chi connectivity index (χ3v) is 5.98. The first-order chi connectivity index (χ1) is 13.1. The van der Waals surface area contributed by atoms with Crippen LogP contribution in [0.3, 0.4) is 0 Å². The zero-order valence-corrected chi connectivity index (χ0v) is 16.3. The van der Waals surface area contributed by atoms with E-state index in [1.54, 1.807) is 11.3 Å². The topological polar surface area (TPSA) is 44.4 Å². The summed E-state index contributed by atoms with van der Waals surface area (Å²) in [5.74, 6) is 0. The molecule has 1 aliphatic carbocycles. The number of nitrogens with one attached hydrogen (secondary N) is 2. The van der Waals surface area contributed by atoms with E-state index >= 15 is 0 Å². The minimum atomic E-state index is -0.172. The summed E-state index contributed by atoms with van der Waals surface area (Å²) in [5, 5.41) is 8.04. The largest absolute Gasteiger partial charge is 0.336 e. The number of fused-ring (bicyclic) bond motifs is 3. The Hall–Kier alpha value is -2.63. The summed E-state index contributed by atoms with van der Waals surface area (Å²) in [4.78, 5) is 15.8. The molecule has 5 heteroatoms. The third kappa shape index (κ3) is 3.75. The van der Waals surface area contributed by atoms with Crippen LogP contribution in [0.15, 0.2) is 60.0 Å². The summed E-state index contributed by atoms with van der Waals surface area (Å²) < 4.78 is 0. The van der Waals surface area contributed by atoms with Gasteiger partial charge in [0.25, 0.3) is 0 Å². The van der Waals surface area contributed by atoms with Gasteiger partial charge in [-0.05, 0) is 66.3 Å². The highest BCUT2D eigenvalue weighted by Crippen LogP contribution is 2.37. The molecule has 0 saturated carbocycles. The lowest BCUT2D eigenvalue weighted by atomic mass is 10.1. The molecule has 1 heterocycles. The zero-order valence-electron chi connectivity index (χ0n) is 15.5. The van der Waals surface area contributed by atoms with E-state index in [2.05, 4.69) is 63.4 Å². The molecular weight excluding hydrogens is 354 g/mol. The first kappa shape index (κ1) is 17.8. The molecule has 0 bridgehead atoms. The minimum absolute atomic E-state index is 0.172. The normalized spacial score (nSPS) is 13.1. The molecule has 4 rings (SSSR count). The van der Waals surface area contributed by atoms with Gasteiger partial charge in [-0.2, -0.15) is 0 Å². The van der Waals surface area contributed by atoms with Gasteiger partial charge in [0.05, 0.1) is 6.04 Å². The summed E-state index contributed by atoms with van der Waals surface area (Å²) in [6.07, 6.45) is 0.920. The van der Waals surface area contributed by atoms with Crippen LogP contribution in [0.2, 0.25) is 0 Å². The van der Waals surface area contributed by atoms with Crippen molar-refractivity contribution in [1.82, 2.24) is 10.2 Å². The number of likely N-dealkylation sites (N-methyl/N-ethyl adjacent to an activating group) is 1. The van der Waals surface area contributed by atoms with E-state index in [0.717, 1.165) is 12.1 Å². The number of anilines is 1. The number of nitrogens with zero attached hydrogens (tertiary/aromatic N) is 1. The van der Waals surface area contributed by atoms with Crippen molar-refractivity contribution in [3.63, 3.8) is 0 Å². The maximum Gasteiger partial charge on any atom is 0.319 e. The summed E-state index contributed by atoms with van der Waals surface area (Å²) in [6, 6.07) is 18.8. The Labute approximate surface area is 163 Å². The molecule has 1 aromatic heterocycles. The van der Waals surface area contributed by atoms with Crippen molar-refractivity contribution < 1.29 is 4.79 Å². The van der Waals surface area contributed by atoms with Crippen molar-refractivity contribution in [3.05, 3.63) is 76.0 Å². The van der Waals surface area contributed by atoms with Crippen molar-refractivity contribution in [2.45, 2.75) is 12.5 Å². The Bertz CT molecular complexity index is 950. The SMILES string of the molecule is CN(C)C(CNC(=O)Nc1ccc2c(c1)Cc1ccccc1-2)c1cccs1. The predicted molar refractivity (Wildman–Crippen MR) is 112 cm³/mol. The Morgan fingerprint density at radius 3 is 2.67 bits per heavy atom. The van der Waals surface area contributed by atoms with E-state index in [9.17, 15) is 4.79 Å². The van der Waals surface area contributed by atoms with E-state index in [1.165, 1.54) is 27.1 Å². The van der Waals surface area contributed by atoms with E-state index < -0.39 is 0 Å². The average Bonchev–Trinajstić information content (AvgIpc) is 3.28. The van der Waals surface area contributed by atoms with Gasteiger partial charge in [0.2, 0.25) is 0 Å². The number of rotatable bonds is 5. The number of carbonyl (C=O) groups excluding carboxylic acids is 1. The number of hydrogen-bond donors (Lipinski definition) is 2. The van der Waals surface area contributed by atoms with Crippen molar-refractivity contribution >= 4 is 23.1 Å². The minimum Gasteiger partial charge on any atom is -0.336 e. The molecule has 27 heavy (non-hydrogen) atoms. The molecule has 1 atom stereocenters. The van der Waals surface area contributed by atoms with Crippen LogP contribution in [-0.4, -0.2) is 31.6 Å². The highest BCUT2D eigenvalue weighted by molar-refractivity contribution is 7.10. The van der Waals surface area contributed by atoms with Gasteiger partial charge >= 0.3 is 6.03 Å². The van der Waals surface area contributed by atoms with Crippen LogP contribution in [0.4, 0.5) is 10.5 Å². The molecule has 0 aliphatic heterocycles. The fourth-order valence-corrected chi connectivity index (χ4v) is 4.53. The highest BCUT2D eigenvalue weighted by atomic mass is 32.1. The quantitative estimate of drug-likeness (QED) is 0.527. The van der Waals surface area contributed by atoms with Crippen molar-refractivity contribution in [2.24, 2.45) is 0 Å². The van der Waals surface area contributed by atoms with Gasteiger partial charge in [0.1, 0.15) is 0 Å². The number of carbonyl (C=O) groups is 1. The molecule has 1 aliphatic rings. The van der Waals surface area contributed by atoms with Crippen LogP contribution in [0.1, 0.15) is 22.0 Å². The summed E-state index contributed by atoms with van der Waals surface area (Å²) in [5.41, 5.74) is 6.00. The fraction of sp³-hybridized carbons (Fsp3) is 0.227. The van der Waals surface area contributed by atoms with Crippen LogP contribution in [-0.2, 0) is 6.42 Å². The molecule has 4 nitrogen and oxygen atoms in total. The van der Waals surface area contributed by atoms with E-state index in [4.69, 9.17) is 0 Å². The Balaban J connectivity index is 1.40. The van der Waals surface area contributed by atoms with Crippen molar-refractivity contribution in [3.8, 4) is 11.1 Å². The first-order valence-electron chi connectivity index (χ1n) is 9.07. The van der Waals surface area contributed by atoms with Gasteiger partial charge in [-0.15, -0.1) is 11.3 Å². The maximum atomic E-state index is 12.4. The van der Waals surface area contributed by atoms with Crippen LogP contribution in [0, 0.1) is 0 Å². The van der Waals surface area contributed by atoms with Gasteiger partial charge in [0.15, 0.2) is 0 Å². The Kier molecular flexibility index (Phi) is 4.97. The monoisotopic (exact) mass is 377 g/mol. The molecule has 2 N–H and O–H groups in total. The predicted octanol–water partition coefficient (Wildman–Crippen LogP) is 4.74. The zero-order chi connectivity index (χ0) is 18.8. The molecule has 0 spiro atoms. The molecule has 2 aromatic carbocycles. The maximum absolute atomic E-state index is 12.4. The standard InChI is InChI=1S/C22H23N3OS/c1-25(2)20(21-8-5-11-27-21)14-23-22(26)24-17-9-10-19-16(13-17)12-15-6-3-4-7-18(15)19/h3-11,13,20H,12,14H2,1-2H3,(H2,23,24,26). The second kappa shape index (κ2) is 7.55. The molecule has 0 fully saturated rings. The van der Waals surface area contributed by atoms with Crippen LogP contribution >= 0.6 is 11.3 Å². The van der Waals surface area contributed by atoms with E-state index in [1.807, 2.05) is 26.2 Å². The lowest BCUT2D eigenvalue weighted by molar-refractivity contribution is 0.244. The molecule has 0 radical (unpaired) electrons. The Morgan fingerprint density at radius 1 is 1.07 bits per heavy atom. The molecule has 1 unspecified atom stereocenters. The van der Waals surface area contributed by atoms with Crippen LogP contribution in [0.5, 0.6) is 0 Å². The van der Waals surface area contributed by atoms with Gasteiger partial charge in [-0.1, -0.05) is 36.4 Å². The average molecular weight is 378 g/mol. The van der Waals surface area contributed by atoms with Crippen LogP contribution in [0.25, 0.3) is 11.1 Å². The number of amides is 2. The summed E-state index contributed by atoms with van der Waals surface area (Å²) in [6.45, 7) is 0.565. The molecule has 138 valence electrons. The molecule has 0 saturated heterocycles. The third-order valence-electron chi connectivity index (χ3n) is 5.00. The van der Waals surface area contributed by atoms with E-state index in [0.29, 0.717) is 6.54 Å². The molecule has 2 amide bonds. The van der Waals surface area contributed by atoms with E-state index in [-0.39, 0.29) is 12.1 Å². The van der Waals surface area contributed by atoms with Gasteiger partial charge in [-0.25, -0.2) is 4.79 Å². The fourth-order valence-electron chi connectivity index (χ4n) is 3.61. The van der Waals surface area contributed by atoms with Gasteiger partial charge in [-0.3, -0.25) is 0 Å². The van der Waals surface area contributed by atoms with Gasteiger partial charge < -0.3 is 15.5 Å². The summed E-state index contributed by atoms with van der Waals surface area (Å²) in [7, 11) is 4.06. The lowest BCUT2D eigenvalue weighted by Crippen LogP contribution is -2.36. The number of benzene rings is 2. The number of hydrogen-bond acceptors (Lipinski definition) is 3. The van der Waals surface area contributed by atoms with Crippen molar-refractivity contribution in [1.29, 1.82) is 0 Å². The number of thiophene rings is 1. The highest BCUT2D eigenvalue weighted by Gasteiger charge is 2.19. The lowest BCUT2D eigenvalue weighted by Gasteiger charge is -2.23. The second-order valence-corrected chi connectivity index (χ2v) is 8.01. The van der Waals surface area contributed by atoms with Gasteiger partial charge in [0, 0.05) is 17.1 Å². The van der Waals surface area contributed by atoms with Crippen molar-refractivity contribution in [2.75, 3.05) is 26.0 Å². The van der Waals surface area contributed by atoms with Crippen LogP contribution < -0.4 is 10.6 Å². The second-order valence-electron chi connectivity index (χ2n) is 7.04.